The van der Waals surface area contributed by atoms with Crippen LogP contribution in [0.2, 0.25) is 0 Å². The first-order chi connectivity index (χ1) is 12.4. The van der Waals surface area contributed by atoms with E-state index in [-0.39, 0.29) is 24.8 Å². The molecule has 26 heavy (non-hydrogen) atoms. The number of carbonyl (C=O) groups excluding carboxylic acids is 3. The van der Waals surface area contributed by atoms with Crippen molar-refractivity contribution in [1.29, 1.82) is 0 Å². The third-order valence-corrected chi connectivity index (χ3v) is 5.57. The summed E-state index contributed by atoms with van der Waals surface area (Å²) in [5, 5.41) is 0. The van der Waals surface area contributed by atoms with Crippen LogP contribution < -0.4 is 0 Å². The summed E-state index contributed by atoms with van der Waals surface area (Å²) in [7, 11) is 3.18. The van der Waals surface area contributed by atoms with Gasteiger partial charge in [0.25, 0.3) is 5.91 Å². The van der Waals surface area contributed by atoms with Gasteiger partial charge < -0.3 is 9.80 Å². The molecule has 7 heteroatoms. The molecule has 2 fully saturated rings. The second-order valence-electron chi connectivity index (χ2n) is 7.17. The van der Waals surface area contributed by atoms with Crippen LogP contribution in [-0.4, -0.2) is 58.7 Å². The molecular weight excluding hydrogens is 337 g/mol. The number of imide groups is 1. The lowest BCUT2D eigenvalue weighted by atomic mass is 9.81. The molecule has 4 amide bonds. The first-order valence-electron chi connectivity index (χ1n) is 8.94. The Morgan fingerprint density at radius 3 is 2.50 bits per heavy atom. The molecule has 1 saturated carbocycles. The van der Waals surface area contributed by atoms with Crippen molar-refractivity contribution in [3.05, 3.63) is 35.6 Å². The third kappa shape index (κ3) is 3.06. The van der Waals surface area contributed by atoms with Gasteiger partial charge >= 0.3 is 6.03 Å². The van der Waals surface area contributed by atoms with Crippen molar-refractivity contribution in [2.45, 2.75) is 44.2 Å². The summed E-state index contributed by atoms with van der Waals surface area (Å²) in [6, 6.07) is 5.80. The van der Waals surface area contributed by atoms with Crippen molar-refractivity contribution >= 4 is 17.8 Å². The highest BCUT2D eigenvalue weighted by atomic mass is 19.1. The summed E-state index contributed by atoms with van der Waals surface area (Å²) < 4.78 is 13.8. The molecule has 1 saturated heterocycles. The van der Waals surface area contributed by atoms with Crippen LogP contribution >= 0.6 is 0 Å². The van der Waals surface area contributed by atoms with E-state index in [0.29, 0.717) is 18.4 Å². The van der Waals surface area contributed by atoms with E-state index in [0.717, 1.165) is 24.2 Å². The lowest BCUT2D eigenvalue weighted by molar-refractivity contribution is -0.140. The molecule has 1 aromatic rings. The molecule has 0 aromatic heterocycles. The number of amides is 4. The van der Waals surface area contributed by atoms with Gasteiger partial charge in [0.2, 0.25) is 5.91 Å². The smallest absolute Gasteiger partial charge is 0.327 e. The van der Waals surface area contributed by atoms with Gasteiger partial charge in [-0.05, 0) is 18.9 Å². The molecule has 1 aliphatic heterocycles. The van der Waals surface area contributed by atoms with E-state index in [2.05, 4.69) is 0 Å². The molecular formula is C19H24FN3O3. The van der Waals surface area contributed by atoms with Crippen molar-refractivity contribution in [3.8, 4) is 0 Å². The lowest BCUT2D eigenvalue weighted by Gasteiger charge is -2.35. The maximum absolute atomic E-state index is 13.8. The summed E-state index contributed by atoms with van der Waals surface area (Å²) in [6.07, 6.45) is 4.14. The van der Waals surface area contributed by atoms with Gasteiger partial charge in [-0.1, -0.05) is 37.5 Å². The Bertz CT molecular complexity index is 730. The molecule has 0 bridgehead atoms. The maximum atomic E-state index is 13.8. The number of hydrogen-bond acceptors (Lipinski definition) is 3. The Kier molecular flexibility index (Phi) is 4.98. The van der Waals surface area contributed by atoms with Gasteiger partial charge in [-0.2, -0.15) is 0 Å². The van der Waals surface area contributed by atoms with Crippen molar-refractivity contribution < 1.29 is 18.8 Å². The van der Waals surface area contributed by atoms with E-state index >= 15 is 0 Å². The average Bonchev–Trinajstić information content (AvgIpc) is 2.80. The van der Waals surface area contributed by atoms with E-state index in [9.17, 15) is 18.8 Å². The maximum Gasteiger partial charge on any atom is 0.327 e. The molecule has 2 aliphatic rings. The van der Waals surface area contributed by atoms with E-state index in [4.69, 9.17) is 0 Å². The predicted octanol–water partition coefficient (Wildman–Crippen LogP) is 2.38. The zero-order chi connectivity index (χ0) is 18.9. The molecule has 0 unspecified atom stereocenters. The van der Waals surface area contributed by atoms with Crippen LogP contribution in [-0.2, 0) is 16.1 Å². The summed E-state index contributed by atoms with van der Waals surface area (Å²) in [4.78, 5) is 41.9. The number of nitrogens with zero attached hydrogens (tertiary/aromatic N) is 3. The summed E-state index contributed by atoms with van der Waals surface area (Å²) in [5.41, 5.74) is -0.400. The highest BCUT2D eigenvalue weighted by Gasteiger charge is 2.55. The minimum absolute atomic E-state index is 0.0860. The fourth-order valence-corrected chi connectivity index (χ4v) is 3.90. The van der Waals surface area contributed by atoms with Crippen LogP contribution in [0, 0.1) is 5.82 Å². The average molecular weight is 361 g/mol. The van der Waals surface area contributed by atoms with E-state index < -0.39 is 17.5 Å². The summed E-state index contributed by atoms with van der Waals surface area (Å²) in [5.74, 6) is -1.06. The molecule has 1 heterocycles. The topological polar surface area (TPSA) is 60.9 Å². The zero-order valence-corrected chi connectivity index (χ0v) is 15.2. The zero-order valence-electron chi connectivity index (χ0n) is 15.2. The van der Waals surface area contributed by atoms with Crippen molar-refractivity contribution in [1.82, 2.24) is 14.7 Å². The predicted molar refractivity (Wildman–Crippen MR) is 93.6 cm³/mol. The van der Waals surface area contributed by atoms with Gasteiger partial charge in [0.15, 0.2) is 0 Å². The molecule has 3 rings (SSSR count). The Morgan fingerprint density at radius 1 is 1.19 bits per heavy atom. The first kappa shape index (κ1) is 18.4. The molecule has 0 N–H and O–H groups in total. The van der Waals surface area contributed by atoms with E-state index in [1.54, 1.807) is 32.3 Å². The molecule has 0 radical (unpaired) electrons. The van der Waals surface area contributed by atoms with Crippen LogP contribution in [0.15, 0.2) is 24.3 Å². The minimum Gasteiger partial charge on any atom is -0.340 e. The van der Waals surface area contributed by atoms with Gasteiger partial charge in [-0.3, -0.25) is 14.5 Å². The Labute approximate surface area is 152 Å². The van der Waals surface area contributed by atoms with Gasteiger partial charge in [0.05, 0.1) is 0 Å². The number of benzene rings is 1. The highest BCUT2D eigenvalue weighted by Crippen LogP contribution is 2.39. The molecule has 140 valence electrons. The van der Waals surface area contributed by atoms with Gasteiger partial charge in [0.1, 0.15) is 17.9 Å². The largest absolute Gasteiger partial charge is 0.340 e. The second kappa shape index (κ2) is 7.05. The van der Waals surface area contributed by atoms with Crippen LogP contribution in [0.5, 0.6) is 0 Å². The molecule has 1 aromatic carbocycles. The van der Waals surface area contributed by atoms with Gasteiger partial charge in [0, 0.05) is 26.2 Å². The SMILES string of the molecule is CN(Cc1ccccc1F)C(=O)CN1C(=O)N(C)C2(CCCCC2)C1=O. The van der Waals surface area contributed by atoms with E-state index in [1.807, 2.05) is 0 Å². The van der Waals surface area contributed by atoms with Crippen molar-refractivity contribution in [2.24, 2.45) is 0 Å². The quantitative estimate of drug-likeness (QED) is 0.774. The number of halogens is 1. The van der Waals surface area contributed by atoms with Crippen LogP contribution in [0.25, 0.3) is 0 Å². The monoisotopic (exact) mass is 361 g/mol. The van der Waals surface area contributed by atoms with Crippen LogP contribution in [0.1, 0.15) is 37.7 Å². The van der Waals surface area contributed by atoms with Gasteiger partial charge in [-0.15, -0.1) is 0 Å². The Morgan fingerprint density at radius 2 is 1.85 bits per heavy atom. The number of urea groups is 1. The molecule has 1 spiro atoms. The summed E-state index contributed by atoms with van der Waals surface area (Å²) >= 11 is 0. The number of carbonyl (C=O) groups is 3. The lowest BCUT2D eigenvalue weighted by Crippen LogP contribution is -2.49. The standard InChI is InChI=1S/C19H24FN3O3/c1-21(12-14-8-4-5-9-15(14)20)16(24)13-23-17(25)19(22(2)18(23)26)10-6-3-7-11-19/h4-5,8-9H,3,6-7,10-13H2,1-2H3. The van der Waals surface area contributed by atoms with Gasteiger partial charge in [-0.25, -0.2) is 9.18 Å². The molecule has 6 nitrogen and oxygen atoms in total. The van der Waals surface area contributed by atoms with Crippen LogP contribution in [0.4, 0.5) is 9.18 Å². The van der Waals surface area contributed by atoms with Crippen molar-refractivity contribution in [3.63, 3.8) is 0 Å². The Balaban J connectivity index is 1.69. The molecule has 1 aliphatic carbocycles. The Hall–Kier alpha value is -2.44. The van der Waals surface area contributed by atoms with Crippen LogP contribution in [0.3, 0.4) is 0 Å². The fraction of sp³-hybridized carbons (Fsp3) is 0.526. The normalized spacial score (nSPS) is 19.3. The first-order valence-corrected chi connectivity index (χ1v) is 8.94. The molecule has 0 atom stereocenters. The number of likely N-dealkylation sites (N-methyl/N-ethyl adjacent to an activating group) is 2. The minimum atomic E-state index is -0.792. The van der Waals surface area contributed by atoms with E-state index in [1.165, 1.54) is 15.9 Å². The second-order valence-corrected chi connectivity index (χ2v) is 7.17. The summed E-state index contributed by atoms with van der Waals surface area (Å²) in [6.45, 7) is -0.225. The fourth-order valence-electron chi connectivity index (χ4n) is 3.90. The number of hydrogen-bond donors (Lipinski definition) is 0. The third-order valence-electron chi connectivity index (χ3n) is 5.57. The van der Waals surface area contributed by atoms with Crippen molar-refractivity contribution in [2.75, 3.05) is 20.6 Å². The highest BCUT2D eigenvalue weighted by molar-refractivity contribution is 6.08. The number of rotatable bonds is 4.